The van der Waals surface area contributed by atoms with Gasteiger partial charge in [0.2, 0.25) is 0 Å². The van der Waals surface area contributed by atoms with Gasteiger partial charge in [-0.05, 0) is 37.3 Å². The van der Waals surface area contributed by atoms with Crippen LogP contribution in [-0.2, 0) is 11.2 Å². The van der Waals surface area contributed by atoms with Gasteiger partial charge in [-0.1, -0.05) is 6.07 Å². The summed E-state index contributed by atoms with van der Waals surface area (Å²) in [5.74, 6) is 0.939. The fourth-order valence-corrected chi connectivity index (χ4v) is 2.34. The summed E-state index contributed by atoms with van der Waals surface area (Å²) in [6.45, 7) is 0. The van der Waals surface area contributed by atoms with Crippen molar-refractivity contribution in [3.05, 3.63) is 29.6 Å². The van der Waals surface area contributed by atoms with Gasteiger partial charge < -0.3 is 0 Å². The minimum atomic E-state index is 0.124. The van der Waals surface area contributed by atoms with E-state index in [4.69, 9.17) is 0 Å². The second-order valence-electron chi connectivity index (χ2n) is 4.32. The molecule has 0 aromatic carbocycles. The van der Waals surface area contributed by atoms with Gasteiger partial charge in [0.1, 0.15) is 5.78 Å². The molecule has 1 unspecified atom stereocenters. The van der Waals surface area contributed by atoms with E-state index in [-0.39, 0.29) is 5.92 Å². The van der Waals surface area contributed by atoms with Crippen molar-refractivity contribution in [2.45, 2.75) is 31.6 Å². The summed E-state index contributed by atoms with van der Waals surface area (Å²) in [6.07, 6.45) is 6.04. The Morgan fingerprint density at radius 3 is 3.00 bits per heavy atom. The fraction of sp³-hybridized carbons (Fsp3) is 0.500. The second kappa shape index (κ2) is 2.91. The molecular formula is C12H13NO. The molecule has 1 aromatic heterocycles. The number of Topliss-reactive ketones (excluding diaryl/α,β-unsaturated/α-hetero) is 1. The highest BCUT2D eigenvalue weighted by molar-refractivity contribution is 5.90. The first kappa shape index (κ1) is 8.16. The first-order valence-corrected chi connectivity index (χ1v) is 5.34. The van der Waals surface area contributed by atoms with Gasteiger partial charge in [0, 0.05) is 12.1 Å². The monoisotopic (exact) mass is 187 g/mol. The summed E-state index contributed by atoms with van der Waals surface area (Å²) < 4.78 is 0. The zero-order valence-corrected chi connectivity index (χ0v) is 8.07. The minimum absolute atomic E-state index is 0.124. The van der Waals surface area contributed by atoms with Crippen molar-refractivity contribution in [2.75, 3.05) is 0 Å². The van der Waals surface area contributed by atoms with E-state index in [2.05, 4.69) is 11.1 Å². The molecular weight excluding hydrogens is 174 g/mol. The van der Waals surface area contributed by atoms with E-state index in [1.807, 2.05) is 6.07 Å². The van der Waals surface area contributed by atoms with Gasteiger partial charge in [0.05, 0.1) is 11.6 Å². The molecule has 2 nitrogen and oxygen atoms in total. The van der Waals surface area contributed by atoms with Crippen molar-refractivity contribution in [3.63, 3.8) is 0 Å². The molecule has 1 fully saturated rings. The van der Waals surface area contributed by atoms with Crippen LogP contribution < -0.4 is 0 Å². The Kier molecular flexibility index (Phi) is 1.69. The summed E-state index contributed by atoms with van der Waals surface area (Å²) in [5.41, 5.74) is 2.34. The summed E-state index contributed by atoms with van der Waals surface area (Å²) in [7, 11) is 0. The lowest BCUT2D eigenvalue weighted by molar-refractivity contribution is -0.121. The molecule has 14 heavy (non-hydrogen) atoms. The standard InChI is InChI=1S/C12H13NO/c14-12(9-3-4-9)10-6-5-8-2-1-7-13-11(8)10/h1-2,7,9-10H,3-6H2. The molecule has 1 heterocycles. The molecule has 72 valence electrons. The topological polar surface area (TPSA) is 30.0 Å². The van der Waals surface area contributed by atoms with E-state index in [9.17, 15) is 4.79 Å². The van der Waals surface area contributed by atoms with Crippen LogP contribution in [0.25, 0.3) is 0 Å². The molecule has 0 radical (unpaired) electrons. The molecule has 1 atom stereocenters. The third-order valence-corrected chi connectivity index (χ3v) is 3.28. The van der Waals surface area contributed by atoms with Crippen LogP contribution in [-0.4, -0.2) is 10.8 Å². The maximum absolute atomic E-state index is 11.9. The smallest absolute Gasteiger partial charge is 0.145 e. The van der Waals surface area contributed by atoms with Gasteiger partial charge in [-0.2, -0.15) is 0 Å². The summed E-state index contributed by atoms with van der Waals surface area (Å²) in [4.78, 5) is 16.3. The fourth-order valence-electron chi connectivity index (χ4n) is 2.34. The molecule has 2 heteroatoms. The number of carbonyl (C=O) groups is 1. The molecule has 3 rings (SSSR count). The van der Waals surface area contributed by atoms with Crippen molar-refractivity contribution in [3.8, 4) is 0 Å². The SMILES string of the molecule is O=C(C1CC1)C1CCc2cccnc21. The molecule has 0 amide bonds. The lowest BCUT2D eigenvalue weighted by Gasteiger charge is -2.07. The van der Waals surface area contributed by atoms with Gasteiger partial charge in [-0.3, -0.25) is 9.78 Å². The minimum Gasteiger partial charge on any atom is -0.299 e. The second-order valence-corrected chi connectivity index (χ2v) is 4.32. The molecule has 2 aliphatic rings. The van der Waals surface area contributed by atoms with Gasteiger partial charge in [0.25, 0.3) is 0 Å². The van der Waals surface area contributed by atoms with E-state index < -0.39 is 0 Å². The number of rotatable bonds is 2. The number of hydrogen-bond acceptors (Lipinski definition) is 2. The average molecular weight is 187 g/mol. The van der Waals surface area contributed by atoms with Crippen LogP contribution in [0.3, 0.4) is 0 Å². The van der Waals surface area contributed by atoms with Gasteiger partial charge >= 0.3 is 0 Å². The zero-order valence-electron chi connectivity index (χ0n) is 8.07. The molecule has 0 saturated heterocycles. The lowest BCUT2D eigenvalue weighted by atomic mass is 9.98. The quantitative estimate of drug-likeness (QED) is 0.709. The zero-order chi connectivity index (χ0) is 9.54. The first-order chi connectivity index (χ1) is 6.86. The number of carbonyl (C=O) groups excluding carboxylic acids is 1. The summed E-state index contributed by atoms with van der Waals surface area (Å²) >= 11 is 0. The number of hydrogen-bond donors (Lipinski definition) is 0. The van der Waals surface area contributed by atoms with Gasteiger partial charge in [0.15, 0.2) is 0 Å². The normalized spacial score (nSPS) is 24.7. The van der Waals surface area contributed by atoms with E-state index in [0.29, 0.717) is 11.7 Å². The molecule has 0 N–H and O–H groups in total. The van der Waals surface area contributed by atoms with E-state index in [1.165, 1.54) is 5.56 Å². The lowest BCUT2D eigenvalue weighted by Crippen LogP contribution is -2.12. The first-order valence-electron chi connectivity index (χ1n) is 5.34. The molecule has 2 aliphatic carbocycles. The van der Waals surface area contributed by atoms with Crippen LogP contribution in [0.2, 0.25) is 0 Å². The largest absolute Gasteiger partial charge is 0.299 e. The van der Waals surface area contributed by atoms with Gasteiger partial charge in [-0.25, -0.2) is 0 Å². The van der Waals surface area contributed by atoms with Crippen LogP contribution in [0.5, 0.6) is 0 Å². The maximum Gasteiger partial charge on any atom is 0.145 e. The Morgan fingerprint density at radius 1 is 1.36 bits per heavy atom. The molecule has 1 saturated carbocycles. The van der Waals surface area contributed by atoms with Crippen molar-refractivity contribution >= 4 is 5.78 Å². The Bertz CT molecular complexity index is 382. The highest BCUT2D eigenvalue weighted by atomic mass is 16.1. The van der Waals surface area contributed by atoms with Crippen LogP contribution in [0.4, 0.5) is 0 Å². The Balaban J connectivity index is 1.93. The Labute approximate surface area is 83.4 Å². The van der Waals surface area contributed by atoms with E-state index in [1.54, 1.807) is 6.20 Å². The molecule has 1 aromatic rings. The van der Waals surface area contributed by atoms with E-state index in [0.717, 1.165) is 31.4 Å². The Hall–Kier alpha value is -1.18. The van der Waals surface area contributed by atoms with Crippen molar-refractivity contribution in [1.29, 1.82) is 0 Å². The maximum atomic E-state index is 11.9. The average Bonchev–Trinajstić information content (AvgIpc) is 2.97. The van der Waals surface area contributed by atoms with Crippen LogP contribution in [0, 0.1) is 5.92 Å². The van der Waals surface area contributed by atoms with Crippen molar-refractivity contribution in [1.82, 2.24) is 4.98 Å². The highest BCUT2D eigenvalue weighted by Crippen LogP contribution is 2.40. The van der Waals surface area contributed by atoms with E-state index >= 15 is 0 Å². The number of pyridine rings is 1. The Morgan fingerprint density at radius 2 is 2.21 bits per heavy atom. The van der Waals surface area contributed by atoms with Crippen molar-refractivity contribution in [2.24, 2.45) is 5.92 Å². The number of aryl methyl sites for hydroxylation is 1. The van der Waals surface area contributed by atoms with Crippen LogP contribution >= 0.6 is 0 Å². The number of nitrogens with zero attached hydrogens (tertiary/aromatic N) is 1. The van der Waals surface area contributed by atoms with Gasteiger partial charge in [-0.15, -0.1) is 0 Å². The highest BCUT2D eigenvalue weighted by Gasteiger charge is 2.38. The molecule has 0 bridgehead atoms. The number of fused-ring (bicyclic) bond motifs is 1. The third-order valence-electron chi connectivity index (χ3n) is 3.28. The number of ketones is 1. The summed E-state index contributed by atoms with van der Waals surface area (Å²) in [6, 6.07) is 4.06. The van der Waals surface area contributed by atoms with Crippen LogP contribution in [0.1, 0.15) is 36.4 Å². The third kappa shape index (κ3) is 1.17. The molecule has 0 spiro atoms. The van der Waals surface area contributed by atoms with Crippen molar-refractivity contribution < 1.29 is 4.79 Å². The molecule has 0 aliphatic heterocycles. The predicted molar refractivity (Wildman–Crippen MR) is 53.0 cm³/mol. The van der Waals surface area contributed by atoms with Crippen LogP contribution in [0.15, 0.2) is 18.3 Å². The summed E-state index contributed by atoms with van der Waals surface area (Å²) in [5, 5.41) is 0. The number of aromatic nitrogens is 1. The predicted octanol–water partition coefficient (Wildman–Crippen LogP) is 2.09.